The average Bonchev–Trinajstić information content (AvgIpc) is 3.18. The summed E-state index contributed by atoms with van der Waals surface area (Å²) < 4.78 is 0. The molecule has 0 fully saturated rings. The standard InChI is InChI=1S/C30H60N2/c1-4-7-9-11-12-13-14-15-16-17-18-19-20-22-24-27-32-29-28-31(30(32)25-6-3)26-23-21-10-8-5-2/h28-30H,4-27H2,1-3H3. The molecule has 0 N–H and O–H groups in total. The molecule has 1 unspecified atom stereocenters. The number of nitrogens with zero attached hydrogens (tertiary/aromatic N) is 2. The van der Waals surface area contributed by atoms with Crippen LogP contribution in [0.15, 0.2) is 12.4 Å². The molecule has 0 aliphatic carbocycles. The Labute approximate surface area is 203 Å². The van der Waals surface area contributed by atoms with Crippen LogP contribution in [0.25, 0.3) is 0 Å². The summed E-state index contributed by atoms with van der Waals surface area (Å²) in [6.07, 6.45) is 36.6. The average molecular weight is 449 g/mol. The number of hydrogen-bond donors (Lipinski definition) is 0. The van der Waals surface area contributed by atoms with Crippen LogP contribution >= 0.6 is 0 Å². The summed E-state index contributed by atoms with van der Waals surface area (Å²) in [5.74, 6) is 0. The maximum atomic E-state index is 2.64. The van der Waals surface area contributed by atoms with Gasteiger partial charge in [-0.05, 0) is 19.3 Å². The minimum atomic E-state index is 0.637. The monoisotopic (exact) mass is 448 g/mol. The molecule has 0 aromatic rings. The van der Waals surface area contributed by atoms with E-state index in [0.29, 0.717) is 6.17 Å². The molecule has 0 bridgehead atoms. The van der Waals surface area contributed by atoms with Gasteiger partial charge in [-0.25, -0.2) is 0 Å². The van der Waals surface area contributed by atoms with E-state index >= 15 is 0 Å². The van der Waals surface area contributed by atoms with Crippen molar-refractivity contribution in [2.24, 2.45) is 0 Å². The highest BCUT2D eigenvalue weighted by atomic mass is 15.4. The van der Waals surface area contributed by atoms with E-state index in [9.17, 15) is 0 Å². The number of rotatable bonds is 24. The normalized spacial score (nSPS) is 15.9. The van der Waals surface area contributed by atoms with Crippen molar-refractivity contribution in [1.29, 1.82) is 0 Å². The maximum absolute atomic E-state index is 2.64. The van der Waals surface area contributed by atoms with Crippen molar-refractivity contribution >= 4 is 0 Å². The molecule has 1 rings (SSSR count). The van der Waals surface area contributed by atoms with Crippen molar-refractivity contribution in [3.05, 3.63) is 12.4 Å². The van der Waals surface area contributed by atoms with Crippen molar-refractivity contribution in [2.45, 2.75) is 168 Å². The highest BCUT2D eigenvalue weighted by molar-refractivity contribution is 4.96. The summed E-state index contributed by atoms with van der Waals surface area (Å²) in [4.78, 5) is 5.26. The lowest BCUT2D eigenvalue weighted by atomic mass is 10.0. The van der Waals surface area contributed by atoms with E-state index in [-0.39, 0.29) is 0 Å². The van der Waals surface area contributed by atoms with Gasteiger partial charge in [0.05, 0.1) is 0 Å². The highest BCUT2D eigenvalue weighted by Crippen LogP contribution is 2.22. The molecule has 1 atom stereocenters. The Morgan fingerprint density at radius 1 is 0.406 bits per heavy atom. The van der Waals surface area contributed by atoms with Crippen LogP contribution < -0.4 is 0 Å². The Morgan fingerprint density at radius 3 is 1.03 bits per heavy atom. The van der Waals surface area contributed by atoms with Crippen molar-refractivity contribution in [2.75, 3.05) is 13.1 Å². The predicted molar refractivity (Wildman–Crippen MR) is 145 cm³/mol. The summed E-state index contributed by atoms with van der Waals surface area (Å²) in [6, 6.07) is 0. The van der Waals surface area contributed by atoms with Crippen LogP contribution in [-0.2, 0) is 0 Å². The maximum Gasteiger partial charge on any atom is 0.101 e. The molecule has 0 spiro atoms. The third-order valence-corrected chi connectivity index (χ3v) is 7.30. The molecule has 2 heteroatoms. The van der Waals surface area contributed by atoms with Gasteiger partial charge in [-0.2, -0.15) is 0 Å². The summed E-state index contributed by atoms with van der Waals surface area (Å²) in [7, 11) is 0. The molecule has 1 aliphatic rings. The van der Waals surface area contributed by atoms with Gasteiger partial charge in [-0.15, -0.1) is 0 Å². The summed E-state index contributed by atoms with van der Waals surface area (Å²) in [6.45, 7) is 9.45. The lowest BCUT2D eigenvalue weighted by Crippen LogP contribution is -2.39. The van der Waals surface area contributed by atoms with Crippen LogP contribution in [0, 0.1) is 0 Å². The van der Waals surface area contributed by atoms with Crippen LogP contribution in [-0.4, -0.2) is 29.1 Å². The Bertz CT molecular complexity index is 406. The molecule has 0 aromatic carbocycles. The van der Waals surface area contributed by atoms with E-state index in [1.165, 1.54) is 154 Å². The number of unbranched alkanes of at least 4 members (excludes halogenated alkanes) is 18. The van der Waals surface area contributed by atoms with Gasteiger partial charge in [0, 0.05) is 25.5 Å². The van der Waals surface area contributed by atoms with Gasteiger partial charge in [0.2, 0.25) is 0 Å². The SMILES string of the molecule is CCCCCCCCCCCCCCCCCN1C=CN(CCCCCCC)C1CCC. The minimum absolute atomic E-state index is 0.637. The third kappa shape index (κ3) is 15.2. The van der Waals surface area contributed by atoms with Gasteiger partial charge in [-0.3, -0.25) is 0 Å². The second-order valence-electron chi connectivity index (χ2n) is 10.4. The molecule has 0 aromatic heterocycles. The first kappa shape index (κ1) is 29.4. The first-order valence-electron chi connectivity index (χ1n) is 15.0. The fourth-order valence-corrected chi connectivity index (χ4v) is 5.16. The Morgan fingerprint density at radius 2 is 0.719 bits per heavy atom. The third-order valence-electron chi connectivity index (χ3n) is 7.30. The lowest BCUT2D eigenvalue weighted by Gasteiger charge is -2.33. The highest BCUT2D eigenvalue weighted by Gasteiger charge is 2.24. The van der Waals surface area contributed by atoms with E-state index < -0.39 is 0 Å². The Kier molecular flexibility index (Phi) is 20.3. The van der Waals surface area contributed by atoms with E-state index in [4.69, 9.17) is 0 Å². The van der Waals surface area contributed by atoms with Crippen LogP contribution in [0.5, 0.6) is 0 Å². The van der Waals surface area contributed by atoms with Gasteiger partial charge in [0.15, 0.2) is 0 Å². The number of hydrogen-bond acceptors (Lipinski definition) is 2. The molecule has 0 saturated heterocycles. The molecule has 190 valence electrons. The molecular formula is C30H60N2. The molecular weight excluding hydrogens is 388 g/mol. The van der Waals surface area contributed by atoms with Gasteiger partial charge in [0.1, 0.15) is 6.17 Å². The van der Waals surface area contributed by atoms with Crippen LogP contribution in [0.2, 0.25) is 0 Å². The van der Waals surface area contributed by atoms with Gasteiger partial charge >= 0.3 is 0 Å². The Balaban J connectivity index is 1.95. The van der Waals surface area contributed by atoms with Crippen LogP contribution in [0.4, 0.5) is 0 Å². The fraction of sp³-hybridized carbons (Fsp3) is 0.933. The molecule has 1 heterocycles. The van der Waals surface area contributed by atoms with Gasteiger partial charge in [-0.1, -0.05) is 143 Å². The topological polar surface area (TPSA) is 6.48 Å². The zero-order valence-corrected chi connectivity index (χ0v) is 22.6. The smallest absolute Gasteiger partial charge is 0.101 e. The van der Waals surface area contributed by atoms with Crippen molar-refractivity contribution in [1.82, 2.24) is 9.80 Å². The second kappa shape index (κ2) is 22.1. The van der Waals surface area contributed by atoms with Crippen LogP contribution in [0.3, 0.4) is 0 Å². The lowest BCUT2D eigenvalue weighted by molar-refractivity contribution is 0.138. The molecule has 0 saturated carbocycles. The summed E-state index contributed by atoms with van der Waals surface area (Å²) >= 11 is 0. The van der Waals surface area contributed by atoms with E-state index in [0.717, 1.165) is 0 Å². The van der Waals surface area contributed by atoms with Gasteiger partial charge in [0.25, 0.3) is 0 Å². The molecule has 0 radical (unpaired) electrons. The van der Waals surface area contributed by atoms with Crippen LogP contribution in [0.1, 0.15) is 162 Å². The molecule has 1 aliphatic heterocycles. The van der Waals surface area contributed by atoms with Crippen molar-refractivity contribution in [3.63, 3.8) is 0 Å². The quantitative estimate of drug-likeness (QED) is 0.135. The van der Waals surface area contributed by atoms with Gasteiger partial charge < -0.3 is 9.80 Å². The minimum Gasteiger partial charge on any atom is -0.356 e. The van der Waals surface area contributed by atoms with E-state index in [1.807, 2.05) is 0 Å². The fourth-order valence-electron chi connectivity index (χ4n) is 5.16. The Hall–Kier alpha value is -0.660. The zero-order chi connectivity index (χ0) is 23.1. The van der Waals surface area contributed by atoms with E-state index in [1.54, 1.807) is 0 Å². The molecule has 2 nitrogen and oxygen atoms in total. The molecule has 32 heavy (non-hydrogen) atoms. The second-order valence-corrected chi connectivity index (χ2v) is 10.4. The first-order valence-corrected chi connectivity index (χ1v) is 15.0. The van der Waals surface area contributed by atoms with Crippen molar-refractivity contribution < 1.29 is 0 Å². The first-order chi connectivity index (χ1) is 15.8. The van der Waals surface area contributed by atoms with Crippen molar-refractivity contribution in [3.8, 4) is 0 Å². The largest absolute Gasteiger partial charge is 0.356 e. The summed E-state index contributed by atoms with van der Waals surface area (Å²) in [5, 5.41) is 0. The molecule has 0 amide bonds. The summed E-state index contributed by atoms with van der Waals surface area (Å²) in [5.41, 5.74) is 0. The van der Waals surface area contributed by atoms with E-state index in [2.05, 4.69) is 43.0 Å². The zero-order valence-electron chi connectivity index (χ0n) is 22.6. The predicted octanol–water partition coefficient (Wildman–Crippen LogP) is 10.0.